The molecule has 1 atom stereocenters. The van der Waals surface area contributed by atoms with Gasteiger partial charge in [-0.15, -0.1) is 24.0 Å². The lowest BCUT2D eigenvalue weighted by Crippen LogP contribution is -2.48. The number of hydrogen-bond donors (Lipinski definition) is 2. The van der Waals surface area contributed by atoms with Crippen molar-refractivity contribution >= 4 is 35.8 Å². The predicted molar refractivity (Wildman–Crippen MR) is 112 cm³/mol. The summed E-state index contributed by atoms with van der Waals surface area (Å²) in [5, 5.41) is 7.06. The van der Waals surface area contributed by atoms with Gasteiger partial charge in [-0.25, -0.2) is 4.99 Å². The molecule has 3 aliphatic rings. The Morgan fingerprint density at radius 1 is 1.08 bits per heavy atom. The Hall–Kier alpha value is -0.610. The van der Waals surface area contributed by atoms with Crippen LogP contribution >= 0.6 is 24.0 Å². The number of likely N-dealkylation sites (N-methyl/N-ethyl adjacent to an activating group) is 1. The van der Waals surface area contributed by atoms with Crippen LogP contribution in [0.2, 0.25) is 0 Å². The minimum Gasteiger partial charge on any atom is -0.354 e. The van der Waals surface area contributed by atoms with Crippen molar-refractivity contribution in [3.05, 3.63) is 0 Å². The molecule has 1 heterocycles. The van der Waals surface area contributed by atoms with Gasteiger partial charge in [-0.1, -0.05) is 19.3 Å². The zero-order valence-electron chi connectivity index (χ0n) is 16.0. The summed E-state index contributed by atoms with van der Waals surface area (Å²) >= 11 is 0. The maximum absolute atomic E-state index is 11.9. The van der Waals surface area contributed by atoms with Crippen LogP contribution in [0.4, 0.5) is 0 Å². The quantitative estimate of drug-likeness (QED) is 0.365. The molecule has 0 aromatic rings. The number of guanidine groups is 1. The summed E-state index contributed by atoms with van der Waals surface area (Å²) in [5.41, 5.74) is 0. The highest BCUT2D eigenvalue weighted by molar-refractivity contribution is 14.0. The van der Waals surface area contributed by atoms with Gasteiger partial charge in [-0.2, -0.15) is 0 Å². The fourth-order valence-electron chi connectivity index (χ4n) is 3.91. The molecule has 8 heteroatoms. The summed E-state index contributed by atoms with van der Waals surface area (Å²) in [4.78, 5) is 18.0. The first-order valence-electron chi connectivity index (χ1n) is 9.62. The van der Waals surface area contributed by atoms with Crippen LogP contribution in [0.15, 0.2) is 4.99 Å². The molecule has 0 radical (unpaired) electrons. The van der Waals surface area contributed by atoms with Gasteiger partial charge in [-0.05, 0) is 19.3 Å². The average Bonchev–Trinajstić information content (AvgIpc) is 3.23. The Morgan fingerprint density at radius 3 is 2.38 bits per heavy atom. The molecule has 1 aliphatic heterocycles. The van der Waals surface area contributed by atoms with Crippen molar-refractivity contribution in [2.45, 2.75) is 69.2 Å². The molecule has 2 N–H and O–H groups in total. The number of amides is 1. The van der Waals surface area contributed by atoms with Crippen molar-refractivity contribution in [1.82, 2.24) is 15.5 Å². The van der Waals surface area contributed by atoms with E-state index < -0.39 is 5.79 Å². The van der Waals surface area contributed by atoms with Crippen molar-refractivity contribution in [1.29, 1.82) is 0 Å². The lowest BCUT2D eigenvalue weighted by Gasteiger charge is -2.27. The number of carbonyl (C=O) groups excluding carboxylic acids is 1. The van der Waals surface area contributed by atoms with E-state index in [-0.39, 0.29) is 42.5 Å². The highest BCUT2D eigenvalue weighted by atomic mass is 127. The van der Waals surface area contributed by atoms with Crippen LogP contribution in [0.25, 0.3) is 0 Å². The van der Waals surface area contributed by atoms with E-state index in [9.17, 15) is 4.79 Å². The Bertz CT molecular complexity index is 489. The number of aliphatic imine (C=N–C) groups is 1. The topological polar surface area (TPSA) is 75.2 Å². The molecule has 2 saturated carbocycles. The van der Waals surface area contributed by atoms with Gasteiger partial charge in [0.1, 0.15) is 6.54 Å². The second-order valence-electron chi connectivity index (χ2n) is 7.62. The zero-order chi connectivity index (χ0) is 17.7. The van der Waals surface area contributed by atoms with E-state index in [1.807, 2.05) is 0 Å². The molecule has 150 valence electrons. The van der Waals surface area contributed by atoms with Gasteiger partial charge in [0.25, 0.3) is 0 Å². The van der Waals surface area contributed by atoms with E-state index in [0.717, 1.165) is 25.2 Å². The van der Waals surface area contributed by atoms with Crippen LogP contribution in [0.3, 0.4) is 0 Å². The second kappa shape index (κ2) is 10.1. The third-order valence-electron chi connectivity index (χ3n) is 5.40. The van der Waals surface area contributed by atoms with Crippen LogP contribution in [-0.2, 0) is 14.3 Å². The lowest BCUT2D eigenvalue weighted by molar-refractivity contribution is -0.151. The summed E-state index contributed by atoms with van der Waals surface area (Å²) < 4.78 is 11.6. The number of hydrogen-bond acceptors (Lipinski definition) is 4. The van der Waals surface area contributed by atoms with E-state index in [1.54, 1.807) is 19.0 Å². The molecule has 1 amide bonds. The third kappa shape index (κ3) is 5.95. The maximum atomic E-state index is 11.9. The van der Waals surface area contributed by atoms with Gasteiger partial charge in [0.15, 0.2) is 11.7 Å². The zero-order valence-corrected chi connectivity index (χ0v) is 18.3. The fourth-order valence-corrected chi connectivity index (χ4v) is 3.91. The largest absolute Gasteiger partial charge is 0.354 e. The van der Waals surface area contributed by atoms with Crippen LogP contribution < -0.4 is 10.6 Å². The predicted octanol–water partition coefficient (Wildman–Crippen LogP) is 1.86. The molecule has 0 aromatic heterocycles. The van der Waals surface area contributed by atoms with Crippen molar-refractivity contribution in [3.63, 3.8) is 0 Å². The monoisotopic (exact) mass is 480 g/mol. The summed E-state index contributed by atoms with van der Waals surface area (Å²) in [6.07, 6.45) is 8.92. The fraction of sp³-hybridized carbons (Fsp3) is 0.889. The third-order valence-corrected chi connectivity index (χ3v) is 5.40. The van der Waals surface area contributed by atoms with Gasteiger partial charge in [-0.3, -0.25) is 4.79 Å². The lowest BCUT2D eigenvalue weighted by atomic mass is 9.96. The number of rotatable bonds is 4. The Labute approximate surface area is 173 Å². The van der Waals surface area contributed by atoms with Crippen LogP contribution in [-0.4, -0.2) is 68.5 Å². The molecule has 3 fully saturated rings. The minimum absolute atomic E-state index is 0. The normalized spacial score (nSPS) is 25.8. The molecule has 1 unspecified atom stereocenters. The van der Waals surface area contributed by atoms with E-state index in [0.29, 0.717) is 19.3 Å². The van der Waals surface area contributed by atoms with E-state index in [4.69, 9.17) is 9.47 Å². The van der Waals surface area contributed by atoms with Gasteiger partial charge >= 0.3 is 0 Å². The van der Waals surface area contributed by atoms with Crippen LogP contribution in [0, 0.1) is 0 Å². The minimum atomic E-state index is -0.396. The van der Waals surface area contributed by atoms with Gasteiger partial charge in [0.2, 0.25) is 5.91 Å². The molecule has 7 nitrogen and oxygen atoms in total. The summed E-state index contributed by atoms with van der Waals surface area (Å²) in [6, 6.07) is 0.714. The Balaban J connectivity index is 0.00000243. The van der Waals surface area contributed by atoms with Crippen molar-refractivity contribution in [3.8, 4) is 0 Å². The van der Waals surface area contributed by atoms with Gasteiger partial charge < -0.3 is 25.0 Å². The molecule has 1 saturated heterocycles. The standard InChI is InChI=1S/C18H32N4O3.HI/c1-22(2)16(23)13-19-17(20-14-6-4-3-5-7-14)21-15-8-9-18(12-15)24-10-11-25-18;/h14-15H,3-13H2,1-2H3,(H2,19,20,21);1H. The SMILES string of the molecule is CN(C)C(=O)CN=C(NC1CCCCC1)NC1CCC2(C1)OCCO2.I. The average molecular weight is 480 g/mol. The molecule has 0 bridgehead atoms. The summed E-state index contributed by atoms with van der Waals surface area (Å²) in [7, 11) is 3.52. The van der Waals surface area contributed by atoms with Gasteiger partial charge in [0.05, 0.1) is 13.2 Å². The first kappa shape index (κ1) is 21.7. The van der Waals surface area contributed by atoms with E-state index >= 15 is 0 Å². The molecule has 2 aliphatic carbocycles. The van der Waals surface area contributed by atoms with E-state index in [1.165, 1.54) is 32.1 Å². The smallest absolute Gasteiger partial charge is 0.243 e. The number of nitrogens with zero attached hydrogens (tertiary/aromatic N) is 2. The number of halogens is 1. The first-order valence-corrected chi connectivity index (χ1v) is 9.62. The Morgan fingerprint density at radius 2 is 1.73 bits per heavy atom. The summed E-state index contributed by atoms with van der Waals surface area (Å²) in [6.45, 7) is 1.54. The van der Waals surface area contributed by atoms with Crippen molar-refractivity contribution in [2.24, 2.45) is 4.99 Å². The number of ether oxygens (including phenoxy) is 2. The Kier molecular flexibility index (Phi) is 8.41. The molecular formula is C18H33IN4O3. The first-order chi connectivity index (χ1) is 12.1. The number of carbonyl (C=O) groups is 1. The number of nitrogens with one attached hydrogen (secondary N) is 2. The second-order valence-corrected chi connectivity index (χ2v) is 7.62. The van der Waals surface area contributed by atoms with Crippen LogP contribution in [0.5, 0.6) is 0 Å². The maximum Gasteiger partial charge on any atom is 0.243 e. The van der Waals surface area contributed by atoms with Crippen molar-refractivity contribution in [2.75, 3.05) is 33.9 Å². The van der Waals surface area contributed by atoms with E-state index in [2.05, 4.69) is 15.6 Å². The van der Waals surface area contributed by atoms with Crippen LogP contribution in [0.1, 0.15) is 51.4 Å². The van der Waals surface area contributed by atoms with Gasteiger partial charge in [0, 0.05) is 39.0 Å². The molecule has 1 spiro atoms. The van der Waals surface area contributed by atoms with Crippen molar-refractivity contribution < 1.29 is 14.3 Å². The molecule has 26 heavy (non-hydrogen) atoms. The molecule has 3 rings (SSSR count). The molecular weight excluding hydrogens is 447 g/mol. The molecule has 0 aromatic carbocycles. The highest BCUT2D eigenvalue weighted by Crippen LogP contribution is 2.37. The highest BCUT2D eigenvalue weighted by Gasteiger charge is 2.44. The summed E-state index contributed by atoms with van der Waals surface area (Å²) in [5.74, 6) is 0.366.